The number of benzene rings is 1. The van der Waals surface area contributed by atoms with Crippen LogP contribution < -0.4 is 10.6 Å². The van der Waals surface area contributed by atoms with Crippen LogP contribution in [0.15, 0.2) is 53.4 Å². The Morgan fingerprint density at radius 2 is 1.92 bits per heavy atom. The minimum Gasteiger partial charge on any atom is -0.462 e. The molecule has 2 atom stereocenters. The van der Waals surface area contributed by atoms with Gasteiger partial charge in [-0.1, -0.05) is 23.8 Å². The molecule has 5 rings (SSSR count). The number of nitrogens with one attached hydrogen (secondary N) is 2. The Morgan fingerprint density at radius 3 is 2.69 bits per heavy atom. The number of amides is 1. The number of anilines is 2. The molecule has 1 saturated carbocycles. The van der Waals surface area contributed by atoms with E-state index in [1.807, 2.05) is 36.6 Å². The van der Waals surface area contributed by atoms with E-state index in [1.54, 1.807) is 0 Å². The molecular weight excluding hydrogens is 472 g/mol. The molecule has 1 amide bonds. The van der Waals surface area contributed by atoms with Crippen LogP contribution in [0.1, 0.15) is 77.6 Å². The van der Waals surface area contributed by atoms with Crippen LogP contribution in [0.5, 0.6) is 0 Å². The second-order valence-corrected chi connectivity index (χ2v) is 10.6. The molecule has 2 fully saturated rings. The Labute approximate surface area is 216 Å². The summed E-state index contributed by atoms with van der Waals surface area (Å²) in [5.41, 5.74) is 4.53. The van der Waals surface area contributed by atoms with Crippen molar-refractivity contribution in [3.05, 3.63) is 70.1 Å². The molecule has 1 aromatic heterocycles. The van der Waals surface area contributed by atoms with Crippen molar-refractivity contribution >= 4 is 33.9 Å². The lowest BCUT2D eigenvalue weighted by atomic mass is 9.73. The van der Waals surface area contributed by atoms with Crippen molar-refractivity contribution in [3.8, 4) is 0 Å². The van der Waals surface area contributed by atoms with E-state index in [9.17, 15) is 9.59 Å². The molecule has 0 radical (unpaired) electrons. The first-order valence-electron chi connectivity index (χ1n) is 13.0. The van der Waals surface area contributed by atoms with Crippen LogP contribution in [-0.2, 0) is 9.47 Å². The van der Waals surface area contributed by atoms with Crippen molar-refractivity contribution in [1.29, 1.82) is 0 Å². The minimum atomic E-state index is -0.361. The smallest absolute Gasteiger partial charge is 0.341 e. The van der Waals surface area contributed by atoms with E-state index in [1.165, 1.54) is 16.9 Å². The van der Waals surface area contributed by atoms with Crippen molar-refractivity contribution in [2.75, 3.05) is 30.5 Å². The van der Waals surface area contributed by atoms with Crippen LogP contribution in [0.4, 0.5) is 10.7 Å². The molecule has 2 aromatic rings. The van der Waals surface area contributed by atoms with Crippen LogP contribution in [0.2, 0.25) is 0 Å². The lowest BCUT2D eigenvalue weighted by Gasteiger charge is -2.31. The van der Waals surface area contributed by atoms with Crippen LogP contribution in [-0.4, -0.2) is 37.7 Å². The molecule has 2 unspecified atom stereocenters. The molecule has 7 heteroatoms. The first-order valence-corrected chi connectivity index (χ1v) is 13.9. The summed E-state index contributed by atoms with van der Waals surface area (Å²) in [5.74, 6) is 0.203. The molecule has 190 valence electrons. The number of carbonyl (C=O) groups excluding carboxylic acids is 2. The molecule has 1 saturated heterocycles. The van der Waals surface area contributed by atoms with E-state index in [2.05, 4.69) is 28.9 Å². The number of esters is 1. The van der Waals surface area contributed by atoms with Gasteiger partial charge >= 0.3 is 5.97 Å². The van der Waals surface area contributed by atoms with Gasteiger partial charge in [0.25, 0.3) is 5.91 Å². The third kappa shape index (κ3) is 5.57. The van der Waals surface area contributed by atoms with Gasteiger partial charge in [0.1, 0.15) is 5.00 Å². The molecule has 2 heterocycles. The van der Waals surface area contributed by atoms with Gasteiger partial charge in [0.15, 0.2) is 0 Å². The third-order valence-electron chi connectivity index (χ3n) is 7.37. The van der Waals surface area contributed by atoms with Crippen LogP contribution in [0, 0.1) is 5.92 Å². The van der Waals surface area contributed by atoms with E-state index in [0.29, 0.717) is 34.7 Å². The maximum Gasteiger partial charge on any atom is 0.341 e. The molecule has 1 aromatic carbocycles. The number of allylic oxidation sites excluding steroid dienone is 4. The maximum atomic E-state index is 13.1. The van der Waals surface area contributed by atoms with Gasteiger partial charge in [-0.3, -0.25) is 4.79 Å². The van der Waals surface area contributed by atoms with Crippen LogP contribution >= 0.6 is 11.3 Å². The molecule has 1 aliphatic heterocycles. The number of ether oxygens (including phenoxy) is 2. The zero-order valence-corrected chi connectivity index (χ0v) is 21.6. The van der Waals surface area contributed by atoms with Crippen molar-refractivity contribution in [2.24, 2.45) is 5.92 Å². The summed E-state index contributed by atoms with van der Waals surface area (Å²) in [6, 6.07) is 7.90. The van der Waals surface area contributed by atoms with Gasteiger partial charge in [-0.25, -0.2) is 4.79 Å². The summed E-state index contributed by atoms with van der Waals surface area (Å²) in [6.45, 7) is 3.66. The fourth-order valence-electron chi connectivity index (χ4n) is 5.43. The van der Waals surface area contributed by atoms with E-state index in [0.717, 1.165) is 63.0 Å². The molecule has 2 N–H and O–H groups in total. The van der Waals surface area contributed by atoms with Crippen LogP contribution in [0.3, 0.4) is 0 Å². The predicted molar refractivity (Wildman–Crippen MR) is 144 cm³/mol. The largest absolute Gasteiger partial charge is 0.462 e. The third-order valence-corrected chi connectivity index (χ3v) is 8.29. The van der Waals surface area contributed by atoms with Gasteiger partial charge < -0.3 is 20.1 Å². The minimum absolute atomic E-state index is 0.226. The normalized spacial score (nSPS) is 21.9. The second-order valence-electron chi connectivity index (χ2n) is 9.71. The number of rotatable bonds is 7. The topological polar surface area (TPSA) is 76.7 Å². The highest BCUT2D eigenvalue weighted by Gasteiger charge is 2.31. The molecular formula is C29H34N2O4S. The maximum absolute atomic E-state index is 13.1. The summed E-state index contributed by atoms with van der Waals surface area (Å²) in [4.78, 5) is 26.1. The van der Waals surface area contributed by atoms with Crippen molar-refractivity contribution < 1.29 is 19.1 Å². The lowest BCUT2D eigenvalue weighted by molar-refractivity contribution is 0.0526. The van der Waals surface area contributed by atoms with Gasteiger partial charge in [-0.2, -0.15) is 0 Å². The first kappa shape index (κ1) is 24.8. The molecule has 0 spiro atoms. The van der Waals surface area contributed by atoms with E-state index in [-0.39, 0.29) is 17.8 Å². The van der Waals surface area contributed by atoms with E-state index < -0.39 is 0 Å². The van der Waals surface area contributed by atoms with Crippen molar-refractivity contribution in [1.82, 2.24) is 0 Å². The van der Waals surface area contributed by atoms with Gasteiger partial charge in [0, 0.05) is 30.5 Å². The Morgan fingerprint density at radius 1 is 1.11 bits per heavy atom. The average molecular weight is 507 g/mol. The SMILES string of the molecule is CCOC(=O)c1c(C2CCC3C=CCC=C3C2)csc1NC(=O)c1ccc(NC2CCOCC2)cc1. The van der Waals surface area contributed by atoms with E-state index >= 15 is 0 Å². The number of hydrogen-bond donors (Lipinski definition) is 2. The highest BCUT2D eigenvalue weighted by molar-refractivity contribution is 7.15. The predicted octanol–water partition coefficient (Wildman–Crippen LogP) is 6.54. The summed E-state index contributed by atoms with van der Waals surface area (Å²) in [6.07, 6.45) is 12.9. The number of carbonyl (C=O) groups is 2. The zero-order chi connectivity index (χ0) is 24.9. The molecule has 6 nitrogen and oxygen atoms in total. The molecule has 0 bridgehead atoms. The second kappa shape index (κ2) is 11.4. The quantitative estimate of drug-likeness (QED) is 0.329. The Balaban J connectivity index is 1.31. The van der Waals surface area contributed by atoms with Crippen molar-refractivity contribution in [3.63, 3.8) is 0 Å². The first-order chi connectivity index (χ1) is 17.6. The number of fused-ring (bicyclic) bond motifs is 1. The lowest BCUT2D eigenvalue weighted by Crippen LogP contribution is -2.27. The van der Waals surface area contributed by atoms with Crippen LogP contribution in [0.25, 0.3) is 0 Å². The molecule has 36 heavy (non-hydrogen) atoms. The number of thiophene rings is 1. The summed E-state index contributed by atoms with van der Waals surface area (Å²) in [7, 11) is 0. The molecule has 2 aliphatic carbocycles. The fraction of sp³-hybridized carbons (Fsp3) is 0.448. The van der Waals surface area contributed by atoms with Gasteiger partial charge in [0.2, 0.25) is 0 Å². The Kier molecular flexibility index (Phi) is 7.87. The fourth-order valence-corrected chi connectivity index (χ4v) is 6.46. The molecule has 3 aliphatic rings. The standard InChI is InChI=1S/C29H34N2O4S/c1-2-35-29(33)26-25(22-8-7-19-5-3-4-6-21(19)17-22)18-36-28(26)31-27(32)20-9-11-23(12-10-20)30-24-13-15-34-16-14-24/h3,5-6,9-12,18-19,22,24,30H,2,4,7-8,13-17H2,1H3,(H,31,32). The zero-order valence-electron chi connectivity index (χ0n) is 20.8. The van der Waals surface area contributed by atoms with Crippen molar-refractivity contribution in [2.45, 2.75) is 57.4 Å². The number of hydrogen-bond acceptors (Lipinski definition) is 6. The highest BCUT2D eigenvalue weighted by atomic mass is 32.1. The average Bonchev–Trinajstić information content (AvgIpc) is 3.33. The summed E-state index contributed by atoms with van der Waals surface area (Å²) in [5, 5.41) is 9.12. The summed E-state index contributed by atoms with van der Waals surface area (Å²) < 4.78 is 10.8. The van der Waals surface area contributed by atoms with Gasteiger partial charge in [-0.15, -0.1) is 11.3 Å². The van der Waals surface area contributed by atoms with Gasteiger partial charge in [0.05, 0.1) is 12.2 Å². The highest BCUT2D eigenvalue weighted by Crippen LogP contribution is 2.45. The Hall–Kier alpha value is -2.90. The van der Waals surface area contributed by atoms with Gasteiger partial charge in [-0.05, 0) is 92.5 Å². The monoisotopic (exact) mass is 506 g/mol. The van der Waals surface area contributed by atoms with E-state index in [4.69, 9.17) is 9.47 Å². The summed E-state index contributed by atoms with van der Waals surface area (Å²) >= 11 is 1.41. The Bertz CT molecular complexity index is 1140.